The first-order valence-electron chi connectivity index (χ1n) is 8.01. The lowest BCUT2D eigenvalue weighted by Crippen LogP contribution is -2.19. The average molecular weight is 336 g/mol. The van der Waals surface area contributed by atoms with E-state index in [0.717, 1.165) is 22.3 Å². The molecule has 25 heavy (non-hydrogen) atoms. The lowest BCUT2D eigenvalue weighted by molar-refractivity contribution is -0.121. The molecular formula is C18H20N6O. The predicted octanol–water partition coefficient (Wildman–Crippen LogP) is 2.04. The van der Waals surface area contributed by atoms with E-state index in [2.05, 4.69) is 20.8 Å². The van der Waals surface area contributed by atoms with Crippen LogP contribution in [-0.4, -0.2) is 41.2 Å². The summed E-state index contributed by atoms with van der Waals surface area (Å²) in [6.07, 6.45) is 1.91. The van der Waals surface area contributed by atoms with E-state index < -0.39 is 0 Å². The summed E-state index contributed by atoms with van der Waals surface area (Å²) >= 11 is 0. The molecule has 7 nitrogen and oxygen atoms in total. The van der Waals surface area contributed by atoms with E-state index in [0.29, 0.717) is 6.54 Å². The minimum Gasteiger partial charge on any atom is -0.378 e. The number of amides is 1. The minimum atomic E-state index is -0.166. The van der Waals surface area contributed by atoms with E-state index in [-0.39, 0.29) is 12.3 Å². The van der Waals surface area contributed by atoms with Crippen molar-refractivity contribution >= 4 is 28.8 Å². The molecule has 0 unspecified atom stereocenters. The number of para-hydroxylation sites is 1. The van der Waals surface area contributed by atoms with Crippen LogP contribution in [0, 0.1) is 0 Å². The van der Waals surface area contributed by atoms with E-state index in [1.165, 1.54) is 0 Å². The van der Waals surface area contributed by atoms with Crippen molar-refractivity contribution in [1.29, 1.82) is 0 Å². The van der Waals surface area contributed by atoms with Gasteiger partial charge in [-0.1, -0.05) is 29.5 Å². The molecule has 0 saturated heterocycles. The highest BCUT2D eigenvalue weighted by molar-refractivity contribution is 5.83. The second-order valence-corrected chi connectivity index (χ2v) is 5.83. The number of aryl methyl sites for hydroxylation is 1. The first kappa shape index (κ1) is 16.6. The quantitative estimate of drug-likeness (QED) is 0.552. The first-order valence-corrected chi connectivity index (χ1v) is 8.01. The fourth-order valence-electron chi connectivity index (χ4n) is 2.38. The number of carbonyl (C=O) groups is 1. The molecule has 1 aromatic heterocycles. The normalized spacial score (nSPS) is 11.1. The zero-order chi connectivity index (χ0) is 17.6. The van der Waals surface area contributed by atoms with E-state index in [1.54, 1.807) is 10.9 Å². The molecule has 1 heterocycles. The maximum absolute atomic E-state index is 11.9. The van der Waals surface area contributed by atoms with Crippen molar-refractivity contribution < 1.29 is 4.79 Å². The standard InChI is InChI=1S/C18H20N6O/c1-23(2)15-9-7-14(8-10-15)13-19-21-18(25)11-12-24-17-6-4-3-5-16(17)20-22-24/h3-10,13H,11-12H2,1-2H3,(H,21,25)/b19-13-. The van der Waals surface area contributed by atoms with Crippen molar-refractivity contribution in [3.63, 3.8) is 0 Å². The highest BCUT2D eigenvalue weighted by atomic mass is 16.2. The smallest absolute Gasteiger partial charge is 0.241 e. The SMILES string of the molecule is CN(C)c1ccc(/C=N\NC(=O)CCn2nnc3ccccc32)cc1. The Bertz CT molecular complexity index is 882. The molecule has 0 radical (unpaired) electrons. The number of nitrogens with one attached hydrogen (secondary N) is 1. The molecule has 0 saturated carbocycles. The Morgan fingerprint density at radius 3 is 2.72 bits per heavy atom. The fraction of sp³-hybridized carbons (Fsp3) is 0.222. The largest absolute Gasteiger partial charge is 0.378 e. The third kappa shape index (κ3) is 4.20. The van der Waals surface area contributed by atoms with Crippen LogP contribution in [0.3, 0.4) is 0 Å². The molecule has 1 N–H and O–H groups in total. The second-order valence-electron chi connectivity index (χ2n) is 5.83. The van der Waals surface area contributed by atoms with E-state index in [1.807, 2.05) is 67.5 Å². The zero-order valence-electron chi connectivity index (χ0n) is 14.3. The average Bonchev–Trinajstić information content (AvgIpc) is 3.03. The van der Waals surface area contributed by atoms with Gasteiger partial charge >= 0.3 is 0 Å². The number of rotatable bonds is 6. The van der Waals surface area contributed by atoms with Crippen LogP contribution in [0.2, 0.25) is 0 Å². The number of anilines is 1. The highest BCUT2D eigenvalue weighted by Crippen LogP contribution is 2.11. The van der Waals surface area contributed by atoms with Crippen LogP contribution in [0.5, 0.6) is 0 Å². The molecular weight excluding hydrogens is 316 g/mol. The van der Waals surface area contributed by atoms with Crippen LogP contribution in [0.15, 0.2) is 53.6 Å². The van der Waals surface area contributed by atoms with Crippen LogP contribution in [0.1, 0.15) is 12.0 Å². The van der Waals surface area contributed by atoms with Crippen LogP contribution in [0.25, 0.3) is 11.0 Å². The van der Waals surface area contributed by atoms with Gasteiger partial charge in [-0.05, 0) is 29.8 Å². The molecule has 0 fully saturated rings. The molecule has 2 aromatic carbocycles. The minimum absolute atomic E-state index is 0.166. The summed E-state index contributed by atoms with van der Waals surface area (Å²) in [4.78, 5) is 13.9. The van der Waals surface area contributed by atoms with Gasteiger partial charge in [0.25, 0.3) is 0 Å². The second kappa shape index (κ2) is 7.57. The van der Waals surface area contributed by atoms with Gasteiger partial charge < -0.3 is 4.90 Å². The van der Waals surface area contributed by atoms with Gasteiger partial charge in [-0.3, -0.25) is 4.79 Å². The third-order valence-corrected chi connectivity index (χ3v) is 3.78. The maximum Gasteiger partial charge on any atom is 0.241 e. The molecule has 1 amide bonds. The lowest BCUT2D eigenvalue weighted by Gasteiger charge is -2.11. The molecule has 0 aliphatic heterocycles. The van der Waals surface area contributed by atoms with Gasteiger partial charge in [0.1, 0.15) is 5.52 Å². The van der Waals surface area contributed by atoms with Crippen molar-refractivity contribution in [2.75, 3.05) is 19.0 Å². The van der Waals surface area contributed by atoms with Crippen LogP contribution in [-0.2, 0) is 11.3 Å². The van der Waals surface area contributed by atoms with Crippen molar-refractivity contribution in [3.05, 3.63) is 54.1 Å². The maximum atomic E-state index is 11.9. The number of carbonyl (C=O) groups excluding carboxylic acids is 1. The van der Waals surface area contributed by atoms with Crippen molar-refractivity contribution in [1.82, 2.24) is 20.4 Å². The van der Waals surface area contributed by atoms with Gasteiger partial charge in [0.05, 0.1) is 18.3 Å². The number of hydrazone groups is 1. The summed E-state index contributed by atoms with van der Waals surface area (Å²) in [5, 5.41) is 12.1. The predicted molar refractivity (Wildman–Crippen MR) is 98.7 cm³/mol. The summed E-state index contributed by atoms with van der Waals surface area (Å²) in [7, 11) is 3.98. The number of nitrogens with zero attached hydrogens (tertiary/aromatic N) is 5. The topological polar surface area (TPSA) is 75.4 Å². The third-order valence-electron chi connectivity index (χ3n) is 3.78. The molecule has 0 aliphatic rings. The Morgan fingerprint density at radius 1 is 1.20 bits per heavy atom. The molecule has 3 aromatic rings. The molecule has 3 rings (SSSR count). The summed E-state index contributed by atoms with van der Waals surface area (Å²) in [5.41, 5.74) is 6.31. The van der Waals surface area contributed by atoms with Gasteiger partial charge in [0.2, 0.25) is 5.91 Å². The first-order chi connectivity index (χ1) is 12.1. The van der Waals surface area contributed by atoms with E-state index in [9.17, 15) is 4.79 Å². The summed E-state index contributed by atoms with van der Waals surface area (Å²) in [6.45, 7) is 0.458. The number of hydrogen-bond donors (Lipinski definition) is 1. The van der Waals surface area contributed by atoms with Crippen LogP contribution < -0.4 is 10.3 Å². The molecule has 7 heteroatoms. The van der Waals surface area contributed by atoms with Crippen molar-refractivity contribution in [3.8, 4) is 0 Å². The lowest BCUT2D eigenvalue weighted by atomic mass is 10.2. The molecule has 0 bridgehead atoms. The monoisotopic (exact) mass is 336 g/mol. The van der Waals surface area contributed by atoms with Gasteiger partial charge in [-0.15, -0.1) is 5.10 Å². The van der Waals surface area contributed by atoms with E-state index in [4.69, 9.17) is 0 Å². The summed E-state index contributed by atoms with van der Waals surface area (Å²) in [6, 6.07) is 15.6. The van der Waals surface area contributed by atoms with Crippen molar-refractivity contribution in [2.45, 2.75) is 13.0 Å². The van der Waals surface area contributed by atoms with Gasteiger partial charge in [-0.2, -0.15) is 5.10 Å². The number of aromatic nitrogens is 3. The number of hydrogen-bond acceptors (Lipinski definition) is 5. The van der Waals surface area contributed by atoms with Gasteiger partial charge in [-0.25, -0.2) is 10.1 Å². The van der Waals surface area contributed by atoms with Crippen LogP contribution >= 0.6 is 0 Å². The summed E-state index contributed by atoms with van der Waals surface area (Å²) < 4.78 is 1.72. The zero-order valence-corrected chi connectivity index (χ0v) is 14.3. The Labute approximate surface area is 145 Å². The Morgan fingerprint density at radius 2 is 1.96 bits per heavy atom. The molecule has 0 aliphatic carbocycles. The highest BCUT2D eigenvalue weighted by Gasteiger charge is 2.06. The fourth-order valence-corrected chi connectivity index (χ4v) is 2.38. The van der Waals surface area contributed by atoms with Gasteiger partial charge in [0, 0.05) is 26.2 Å². The number of benzene rings is 2. The Balaban J connectivity index is 1.51. The summed E-state index contributed by atoms with van der Waals surface area (Å²) in [5.74, 6) is -0.166. The Hall–Kier alpha value is -3.22. The molecule has 0 atom stereocenters. The van der Waals surface area contributed by atoms with Crippen LogP contribution in [0.4, 0.5) is 5.69 Å². The van der Waals surface area contributed by atoms with Crippen molar-refractivity contribution in [2.24, 2.45) is 5.10 Å². The number of fused-ring (bicyclic) bond motifs is 1. The molecule has 128 valence electrons. The molecule has 0 spiro atoms. The Kier molecular flexibility index (Phi) is 5.03. The van der Waals surface area contributed by atoms with E-state index >= 15 is 0 Å². The van der Waals surface area contributed by atoms with Gasteiger partial charge in [0.15, 0.2) is 0 Å².